The summed E-state index contributed by atoms with van der Waals surface area (Å²) in [5.41, 5.74) is 0.708. The third-order valence-electron chi connectivity index (χ3n) is 5.40. The van der Waals surface area contributed by atoms with E-state index in [-0.39, 0.29) is 0 Å². The van der Waals surface area contributed by atoms with E-state index in [1.807, 2.05) is 11.9 Å². The van der Waals surface area contributed by atoms with Crippen LogP contribution in [0.3, 0.4) is 0 Å². The first-order valence-electron chi connectivity index (χ1n) is 8.60. The zero-order valence-corrected chi connectivity index (χ0v) is 13.8. The van der Waals surface area contributed by atoms with Crippen molar-refractivity contribution < 1.29 is 0 Å². The van der Waals surface area contributed by atoms with Gasteiger partial charge in [0.1, 0.15) is 0 Å². The van der Waals surface area contributed by atoms with E-state index in [1.54, 1.807) is 0 Å². The summed E-state index contributed by atoms with van der Waals surface area (Å²) >= 11 is 1.94. The van der Waals surface area contributed by atoms with E-state index in [2.05, 4.69) is 21.9 Å². The SMILES string of the molecule is CCCSNC1CCC2(CC1)CN(CC1CCNC1)C2. The van der Waals surface area contributed by atoms with Crippen molar-refractivity contribution in [1.82, 2.24) is 14.9 Å². The van der Waals surface area contributed by atoms with Gasteiger partial charge in [-0.15, -0.1) is 0 Å². The molecule has 1 atom stereocenters. The summed E-state index contributed by atoms with van der Waals surface area (Å²) in [6.07, 6.45) is 8.38. The van der Waals surface area contributed by atoms with Crippen LogP contribution in [0.4, 0.5) is 0 Å². The minimum atomic E-state index is 0.708. The lowest BCUT2D eigenvalue weighted by atomic mass is 9.67. The molecule has 1 aliphatic carbocycles. The van der Waals surface area contributed by atoms with Crippen molar-refractivity contribution in [3.8, 4) is 0 Å². The van der Waals surface area contributed by atoms with Crippen LogP contribution in [0.1, 0.15) is 45.4 Å². The maximum absolute atomic E-state index is 3.67. The number of rotatable bonds is 6. The topological polar surface area (TPSA) is 27.3 Å². The van der Waals surface area contributed by atoms with Gasteiger partial charge in [0, 0.05) is 31.4 Å². The standard InChI is InChI=1S/C16H31N3S/c1-2-9-20-18-15-3-6-16(7-4-15)12-19(13-16)11-14-5-8-17-10-14/h14-15,17-18H,2-13H2,1H3. The maximum atomic E-state index is 3.67. The van der Waals surface area contributed by atoms with Gasteiger partial charge < -0.3 is 10.2 Å². The zero-order chi connectivity index (χ0) is 13.8. The second kappa shape index (κ2) is 6.99. The van der Waals surface area contributed by atoms with Crippen molar-refractivity contribution in [3.05, 3.63) is 0 Å². The lowest BCUT2D eigenvalue weighted by molar-refractivity contribution is -0.0386. The summed E-state index contributed by atoms with van der Waals surface area (Å²) in [5.74, 6) is 2.18. The lowest BCUT2D eigenvalue weighted by Crippen LogP contribution is -2.59. The minimum absolute atomic E-state index is 0.708. The van der Waals surface area contributed by atoms with Gasteiger partial charge >= 0.3 is 0 Å². The molecule has 0 amide bonds. The fourth-order valence-corrected chi connectivity index (χ4v) is 5.00. The molecular weight excluding hydrogens is 266 g/mol. The van der Waals surface area contributed by atoms with Gasteiger partial charge in [-0.3, -0.25) is 4.72 Å². The van der Waals surface area contributed by atoms with Gasteiger partial charge in [-0.1, -0.05) is 18.9 Å². The molecule has 0 bridgehead atoms. The first kappa shape index (κ1) is 15.1. The molecule has 3 rings (SSSR count). The second-order valence-corrected chi connectivity index (χ2v) is 8.20. The Morgan fingerprint density at radius 2 is 2.05 bits per heavy atom. The number of hydrogen-bond donors (Lipinski definition) is 2. The summed E-state index contributed by atoms with van der Waals surface area (Å²) < 4.78 is 3.67. The zero-order valence-electron chi connectivity index (χ0n) is 13.0. The molecule has 1 spiro atoms. The van der Waals surface area contributed by atoms with Gasteiger partial charge in [0.2, 0.25) is 0 Å². The molecule has 2 N–H and O–H groups in total. The molecular formula is C16H31N3S. The monoisotopic (exact) mass is 297 g/mol. The normalized spacial score (nSPS) is 30.8. The average Bonchev–Trinajstić information content (AvgIpc) is 2.92. The number of nitrogens with zero attached hydrogens (tertiary/aromatic N) is 1. The third-order valence-corrected chi connectivity index (χ3v) is 6.51. The number of likely N-dealkylation sites (tertiary alicyclic amines) is 1. The Morgan fingerprint density at radius 3 is 2.70 bits per heavy atom. The highest BCUT2D eigenvalue weighted by Gasteiger charge is 2.45. The van der Waals surface area contributed by atoms with E-state index < -0.39 is 0 Å². The van der Waals surface area contributed by atoms with E-state index in [1.165, 1.54) is 77.0 Å². The van der Waals surface area contributed by atoms with Crippen LogP contribution in [0.15, 0.2) is 0 Å². The fraction of sp³-hybridized carbons (Fsp3) is 1.00. The molecule has 2 heterocycles. The van der Waals surface area contributed by atoms with Crippen molar-refractivity contribution in [3.63, 3.8) is 0 Å². The molecule has 0 radical (unpaired) electrons. The first-order valence-corrected chi connectivity index (χ1v) is 9.59. The average molecular weight is 298 g/mol. The van der Waals surface area contributed by atoms with Crippen molar-refractivity contribution in [2.24, 2.45) is 11.3 Å². The largest absolute Gasteiger partial charge is 0.316 e. The molecule has 2 saturated heterocycles. The van der Waals surface area contributed by atoms with E-state index in [9.17, 15) is 0 Å². The Kier molecular flexibility index (Phi) is 5.29. The summed E-state index contributed by atoms with van der Waals surface area (Å²) in [5, 5.41) is 3.49. The van der Waals surface area contributed by atoms with Crippen LogP contribution in [0, 0.1) is 11.3 Å². The predicted molar refractivity (Wildman–Crippen MR) is 88.0 cm³/mol. The highest BCUT2D eigenvalue weighted by molar-refractivity contribution is 7.97. The molecule has 116 valence electrons. The van der Waals surface area contributed by atoms with Crippen LogP contribution in [0.25, 0.3) is 0 Å². The molecule has 4 heteroatoms. The van der Waals surface area contributed by atoms with Crippen molar-refractivity contribution in [2.75, 3.05) is 38.5 Å². The highest BCUT2D eigenvalue weighted by Crippen LogP contribution is 2.44. The van der Waals surface area contributed by atoms with E-state index >= 15 is 0 Å². The van der Waals surface area contributed by atoms with Crippen molar-refractivity contribution in [2.45, 2.75) is 51.5 Å². The molecule has 3 fully saturated rings. The Hall–Kier alpha value is 0.230. The van der Waals surface area contributed by atoms with Crippen LogP contribution in [-0.2, 0) is 0 Å². The number of hydrogen-bond acceptors (Lipinski definition) is 4. The van der Waals surface area contributed by atoms with Gasteiger partial charge in [-0.05, 0) is 62.9 Å². The molecule has 3 nitrogen and oxygen atoms in total. The summed E-state index contributed by atoms with van der Waals surface area (Å²) in [7, 11) is 0. The van der Waals surface area contributed by atoms with E-state index in [0.29, 0.717) is 5.41 Å². The molecule has 2 aliphatic heterocycles. The summed E-state index contributed by atoms with van der Waals surface area (Å²) in [6, 6.07) is 0.783. The quantitative estimate of drug-likeness (QED) is 0.582. The van der Waals surface area contributed by atoms with Gasteiger partial charge in [-0.2, -0.15) is 0 Å². The minimum Gasteiger partial charge on any atom is -0.316 e. The Bertz CT molecular complexity index is 288. The summed E-state index contributed by atoms with van der Waals surface area (Å²) in [6.45, 7) is 8.88. The van der Waals surface area contributed by atoms with Crippen LogP contribution >= 0.6 is 11.9 Å². The van der Waals surface area contributed by atoms with Crippen LogP contribution in [-0.4, -0.2) is 49.4 Å². The predicted octanol–water partition coefficient (Wildman–Crippen LogP) is 2.49. The Balaban J connectivity index is 1.32. The molecule has 1 saturated carbocycles. The van der Waals surface area contributed by atoms with Crippen molar-refractivity contribution in [1.29, 1.82) is 0 Å². The molecule has 0 aromatic heterocycles. The maximum Gasteiger partial charge on any atom is 0.0172 e. The van der Waals surface area contributed by atoms with Crippen LogP contribution in [0.2, 0.25) is 0 Å². The molecule has 0 aromatic rings. The Morgan fingerprint density at radius 1 is 1.25 bits per heavy atom. The number of nitrogens with one attached hydrogen (secondary N) is 2. The fourth-order valence-electron chi connectivity index (χ4n) is 4.21. The van der Waals surface area contributed by atoms with Crippen LogP contribution in [0.5, 0.6) is 0 Å². The molecule has 20 heavy (non-hydrogen) atoms. The van der Waals surface area contributed by atoms with E-state index in [0.717, 1.165) is 12.0 Å². The summed E-state index contributed by atoms with van der Waals surface area (Å²) in [4.78, 5) is 2.72. The third kappa shape index (κ3) is 3.70. The second-order valence-electron chi connectivity index (χ2n) is 7.27. The first-order chi connectivity index (χ1) is 9.80. The lowest BCUT2D eigenvalue weighted by Gasteiger charge is -2.54. The highest BCUT2D eigenvalue weighted by atomic mass is 32.2. The van der Waals surface area contributed by atoms with Gasteiger partial charge in [0.25, 0.3) is 0 Å². The van der Waals surface area contributed by atoms with Gasteiger partial charge in [0.15, 0.2) is 0 Å². The molecule has 0 aromatic carbocycles. The van der Waals surface area contributed by atoms with Crippen molar-refractivity contribution >= 4 is 11.9 Å². The molecule has 3 aliphatic rings. The smallest absolute Gasteiger partial charge is 0.0172 e. The van der Waals surface area contributed by atoms with Crippen LogP contribution < -0.4 is 10.0 Å². The van der Waals surface area contributed by atoms with Gasteiger partial charge in [0.05, 0.1) is 0 Å². The molecule has 1 unspecified atom stereocenters. The van der Waals surface area contributed by atoms with Gasteiger partial charge in [-0.25, -0.2) is 0 Å². The van der Waals surface area contributed by atoms with E-state index in [4.69, 9.17) is 0 Å². The Labute approximate surface area is 128 Å².